The number of anilines is 1. The van der Waals surface area contributed by atoms with Gasteiger partial charge in [-0.2, -0.15) is 0 Å². The molecule has 122 valence electrons. The van der Waals surface area contributed by atoms with E-state index in [4.69, 9.17) is 5.73 Å². The molecule has 1 saturated heterocycles. The average molecular weight is 331 g/mol. The zero-order chi connectivity index (χ0) is 15.8. The number of fused-ring (bicyclic) bond motifs is 3. The number of thiophene rings is 1. The van der Waals surface area contributed by atoms with Gasteiger partial charge in [0.25, 0.3) is 0 Å². The lowest BCUT2D eigenvalue weighted by atomic mass is 9.96. The molecule has 6 nitrogen and oxygen atoms in total. The van der Waals surface area contributed by atoms with Gasteiger partial charge in [-0.3, -0.25) is 0 Å². The van der Waals surface area contributed by atoms with E-state index in [0.29, 0.717) is 0 Å². The number of nitrogens with two attached hydrogens (primary N) is 1. The Morgan fingerprint density at radius 1 is 1.26 bits per heavy atom. The second kappa shape index (κ2) is 5.96. The highest BCUT2D eigenvalue weighted by Crippen LogP contribution is 2.39. The summed E-state index contributed by atoms with van der Waals surface area (Å²) in [5.74, 6) is 1.08. The van der Waals surface area contributed by atoms with E-state index < -0.39 is 6.03 Å². The van der Waals surface area contributed by atoms with Gasteiger partial charge in [0, 0.05) is 24.0 Å². The van der Waals surface area contributed by atoms with E-state index in [2.05, 4.69) is 20.2 Å². The molecule has 0 unspecified atom stereocenters. The third kappa shape index (κ3) is 2.73. The first-order valence-electron chi connectivity index (χ1n) is 8.28. The van der Waals surface area contributed by atoms with Gasteiger partial charge in [-0.25, -0.2) is 14.8 Å². The van der Waals surface area contributed by atoms with Gasteiger partial charge in [-0.15, -0.1) is 11.3 Å². The Morgan fingerprint density at radius 3 is 2.83 bits per heavy atom. The van der Waals surface area contributed by atoms with Crippen LogP contribution >= 0.6 is 11.3 Å². The monoisotopic (exact) mass is 331 g/mol. The third-order valence-corrected chi connectivity index (χ3v) is 6.07. The topological polar surface area (TPSA) is 84.1 Å². The van der Waals surface area contributed by atoms with Crippen LogP contribution in [0.1, 0.15) is 36.1 Å². The summed E-state index contributed by atoms with van der Waals surface area (Å²) in [7, 11) is 0. The molecule has 1 aliphatic heterocycles. The fraction of sp³-hybridized carbons (Fsp3) is 0.562. The fourth-order valence-corrected chi connectivity index (χ4v) is 4.97. The quantitative estimate of drug-likeness (QED) is 0.883. The smallest absolute Gasteiger partial charge is 0.312 e. The van der Waals surface area contributed by atoms with E-state index >= 15 is 0 Å². The van der Waals surface area contributed by atoms with Crippen LogP contribution in [0.4, 0.5) is 10.6 Å². The number of hydrogen-bond acceptors (Lipinski definition) is 5. The van der Waals surface area contributed by atoms with Gasteiger partial charge in [0.1, 0.15) is 17.0 Å². The average Bonchev–Trinajstić information content (AvgIpc) is 2.93. The number of hydrogen-bond donors (Lipinski definition) is 2. The van der Waals surface area contributed by atoms with Crippen LogP contribution in [0.25, 0.3) is 10.2 Å². The summed E-state index contributed by atoms with van der Waals surface area (Å²) < 4.78 is 0. The van der Waals surface area contributed by atoms with Crippen molar-refractivity contribution in [2.45, 2.75) is 44.6 Å². The van der Waals surface area contributed by atoms with Crippen molar-refractivity contribution in [3.63, 3.8) is 0 Å². The summed E-state index contributed by atoms with van der Waals surface area (Å²) in [5, 5.41) is 4.09. The van der Waals surface area contributed by atoms with Crippen molar-refractivity contribution in [3.05, 3.63) is 16.8 Å². The molecule has 0 radical (unpaired) electrons. The highest BCUT2D eigenvalue weighted by Gasteiger charge is 2.25. The lowest BCUT2D eigenvalue weighted by molar-refractivity contribution is 0.242. The summed E-state index contributed by atoms with van der Waals surface area (Å²) in [6, 6.07) is -0.253. The normalized spacial score (nSPS) is 18.9. The number of urea groups is 1. The lowest BCUT2D eigenvalue weighted by Gasteiger charge is -2.33. The zero-order valence-electron chi connectivity index (χ0n) is 13.0. The maximum Gasteiger partial charge on any atom is 0.312 e. The van der Waals surface area contributed by atoms with Crippen LogP contribution in [-0.4, -0.2) is 35.1 Å². The van der Waals surface area contributed by atoms with Crippen LogP contribution in [0.2, 0.25) is 0 Å². The van der Waals surface area contributed by atoms with Gasteiger partial charge in [-0.1, -0.05) is 0 Å². The molecule has 1 aliphatic carbocycles. The maximum atomic E-state index is 11.0. The molecule has 0 spiro atoms. The number of primary amides is 1. The van der Waals surface area contributed by atoms with E-state index in [0.717, 1.165) is 43.0 Å². The molecule has 2 aromatic heterocycles. The van der Waals surface area contributed by atoms with Crippen LogP contribution in [0, 0.1) is 0 Å². The van der Waals surface area contributed by atoms with E-state index in [1.54, 1.807) is 6.33 Å². The Balaban J connectivity index is 1.62. The second-order valence-electron chi connectivity index (χ2n) is 6.36. The molecular weight excluding hydrogens is 310 g/mol. The summed E-state index contributed by atoms with van der Waals surface area (Å²) in [6.07, 6.45) is 8.37. The van der Waals surface area contributed by atoms with E-state index in [-0.39, 0.29) is 6.04 Å². The van der Waals surface area contributed by atoms with Crippen molar-refractivity contribution in [1.29, 1.82) is 0 Å². The van der Waals surface area contributed by atoms with E-state index in [1.807, 2.05) is 11.3 Å². The zero-order valence-corrected chi connectivity index (χ0v) is 13.9. The Labute approximate surface area is 139 Å². The summed E-state index contributed by atoms with van der Waals surface area (Å²) in [5.41, 5.74) is 6.70. The summed E-state index contributed by atoms with van der Waals surface area (Å²) in [4.78, 5) is 25.1. The predicted octanol–water partition coefficient (Wildman–Crippen LogP) is 2.21. The molecule has 23 heavy (non-hydrogen) atoms. The van der Waals surface area contributed by atoms with Crippen molar-refractivity contribution in [3.8, 4) is 0 Å². The van der Waals surface area contributed by atoms with Gasteiger partial charge in [0.2, 0.25) is 0 Å². The molecular formula is C16H21N5OS. The highest BCUT2D eigenvalue weighted by molar-refractivity contribution is 7.19. The SMILES string of the molecule is NC(=O)NC1CCN(c2ncnc3sc4c(c23)CCCC4)CC1. The second-order valence-corrected chi connectivity index (χ2v) is 7.44. The highest BCUT2D eigenvalue weighted by atomic mass is 32.1. The molecule has 0 atom stereocenters. The molecule has 2 aliphatic rings. The standard InChI is InChI=1S/C16H21N5OS/c17-16(22)20-10-5-7-21(8-6-10)14-13-11-3-1-2-4-12(11)23-15(13)19-9-18-14/h9-10H,1-8H2,(H3,17,20,22). The van der Waals surface area contributed by atoms with Crippen LogP contribution < -0.4 is 16.0 Å². The molecule has 3 heterocycles. The molecule has 2 amide bonds. The van der Waals surface area contributed by atoms with Crippen LogP contribution in [-0.2, 0) is 12.8 Å². The Kier molecular flexibility index (Phi) is 3.80. The fourth-order valence-electron chi connectivity index (χ4n) is 3.75. The minimum Gasteiger partial charge on any atom is -0.356 e. The van der Waals surface area contributed by atoms with Crippen LogP contribution in [0.3, 0.4) is 0 Å². The molecule has 0 aromatic carbocycles. The number of piperidine rings is 1. The first-order chi connectivity index (χ1) is 11.2. The number of rotatable bonds is 2. The predicted molar refractivity (Wildman–Crippen MR) is 92.0 cm³/mol. The largest absolute Gasteiger partial charge is 0.356 e. The van der Waals surface area contributed by atoms with Crippen molar-refractivity contribution >= 4 is 33.4 Å². The first-order valence-corrected chi connectivity index (χ1v) is 9.10. The maximum absolute atomic E-state index is 11.0. The third-order valence-electron chi connectivity index (χ3n) is 4.87. The molecule has 0 bridgehead atoms. The van der Waals surface area contributed by atoms with Crippen LogP contribution in [0.5, 0.6) is 0 Å². The van der Waals surface area contributed by atoms with Gasteiger partial charge < -0.3 is 16.0 Å². The van der Waals surface area contributed by atoms with Gasteiger partial charge in [0.05, 0.1) is 5.39 Å². The molecule has 2 aromatic rings. The number of nitrogens with zero attached hydrogens (tertiary/aromatic N) is 3. The van der Waals surface area contributed by atoms with Crippen molar-refractivity contribution in [1.82, 2.24) is 15.3 Å². The number of aromatic nitrogens is 2. The summed E-state index contributed by atoms with van der Waals surface area (Å²) >= 11 is 1.84. The molecule has 7 heteroatoms. The van der Waals surface area contributed by atoms with Gasteiger partial charge >= 0.3 is 6.03 Å². The number of carbonyl (C=O) groups is 1. The van der Waals surface area contributed by atoms with Crippen molar-refractivity contribution in [2.75, 3.05) is 18.0 Å². The number of aryl methyl sites for hydroxylation is 2. The van der Waals surface area contributed by atoms with Gasteiger partial charge in [0.15, 0.2) is 0 Å². The number of nitrogens with one attached hydrogen (secondary N) is 1. The molecule has 4 rings (SSSR count). The van der Waals surface area contributed by atoms with E-state index in [9.17, 15) is 4.79 Å². The Morgan fingerprint density at radius 2 is 2.04 bits per heavy atom. The molecule has 1 fully saturated rings. The Hall–Kier alpha value is -1.89. The minimum absolute atomic E-state index is 0.178. The van der Waals surface area contributed by atoms with Crippen molar-refractivity contribution < 1.29 is 4.79 Å². The van der Waals surface area contributed by atoms with Crippen molar-refractivity contribution in [2.24, 2.45) is 5.73 Å². The Bertz CT molecular complexity index is 735. The first kappa shape index (κ1) is 14.7. The number of carbonyl (C=O) groups excluding carboxylic acids is 1. The molecule has 0 saturated carbocycles. The van der Waals surface area contributed by atoms with E-state index in [1.165, 1.54) is 35.1 Å². The summed E-state index contributed by atoms with van der Waals surface area (Å²) in [6.45, 7) is 1.78. The van der Waals surface area contributed by atoms with Gasteiger partial charge in [-0.05, 0) is 44.1 Å². The lowest BCUT2D eigenvalue weighted by Crippen LogP contribution is -2.46. The minimum atomic E-state index is -0.431. The number of amides is 2. The van der Waals surface area contributed by atoms with Crippen LogP contribution in [0.15, 0.2) is 6.33 Å². The molecule has 3 N–H and O–H groups in total.